The number of carbonyl (C=O) groups is 3. The van der Waals surface area contributed by atoms with Gasteiger partial charge in [-0.1, -0.05) is 12.1 Å². The molecule has 0 heterocycles. The molecule has 0 fully saturated rings. The third-order valence-corrected chi connectivity index (χ3v) is 4.05. The third kappa shape index (κ3) is 6.75. The van der Waals surface area contributed by atoms with Gasteiger partial charge < -0.3 is 20.9 Å². The summed E-state index contributed by atoms with van der Waals surface area (Å²) in [6.07, 6.45) is 1.56. The third-order valence-electron chi connectivity index (χ3n) is 4.05. The molecule has 2 aromatic carbocycles. The Morgan fingerprint density at radius 1 is 0.821 bits per heavy atom. The number of nitrogens with zero attached hydrogens (tertiary/aromatic N) is 1. The standard InChI is InChI=1S/C21H26N4O3/c1-15(26)23-17-8-10-18(11-9-17)24-21(28)20(27)22-14-4-5-16-6-12-19(13-7-16)25(2)3/h6-13H,4-5,14H2,1-3H3,(H,22,27)(H,23,26)(H,24,28). The van der Waals surface area contributed by atoms with E-state index in [1.165, 1.54) is 12.5 Å². The maximum Gasteiger partial charge on any atom is 0.313 e. The molecule has 2 aromatic rings. The molecule has 0 bridgehead atoms. The summed E-state index contributed by atoms with van der Waals surface area (Å²) in [5.41, 5.74) is 3.42. The molecule has 0 aliphatic carbocycles. The number of benzene rings is 2. The second-order valence-electron chi connectivity index (χ2n) is 6.63. The molecule has 0 aromatic heterocycles. The van der Waals surface area contributed by atoms with Crippen molar-refractivity contribution in [1.29, 1.82) is 0 Å². The molecule has 7 nitrogen and oxygen atoms in total. The van der Waals surface area contributed by atoms with Gasteiger partial charge in [0, 0.05) is 44.6 Å². The van der Waals surface area contributed by atoms with Crippen LogP contribution >= 0.6 is 0 Å². The first kappa shape index (κ1) is 21.0. The molecule has 0 spiro atoms. The summed E-state index contributed by atoms with van der Waals surface area (Å²) in [5.74, 6) is -1.57. The molecule has 148 valence electrons. The van der Waals surface area contributed by atoms with Crippen molar-refractivity contribution < 1.29 is 14.4 Å². The van der Waals surface area contributed by atoms with Crippen molar-refractivity contribution in [2.45, 2.75) is 19.8 Å². The lowest BCUT2D eigenvalue weighted by molar-refractivity contribution is -0.136. The second-order valence-corrected chi connectivity index (χ2v) is 6.63. The smallest absolute Gasteiger partial charge is 0.313 e. The van der Waals surface area contributed by atoms with Gasteiger partial charge in [-0.05, 0) is 54.8 Å². The first-order chi connectivity index (χ1) is 13.3. The highest BCUT2D eigenvalue weighted by atomic mass is 16.2. The zero-order chi connectivity index (χ0) is 20.5. The molecule has 0 atom stereocenters. The van der Waals surface area contributed by atoms with Gasteiger partial charge in [0.2, 0.25) is 5.91 Å². The van der Waals surface area contributed by atoms with Crippen LogP contribution in [0.5, 0.6) is 0 Å². The first-order valence-corrected chi connectivity index (χ1v) is 9.08. The molecule has 3 amide bonds. The normalized spacial score (nSPS) is 10.1. The molecule has 0 radical (unpaired) electrons. The van der Waals surface area contributed by atoms with Crippen LogP contribution in [0.3, 0.4) is 0 Å². The summed E-state index contributed by atoms with van der Waals surface area (Å²) < 4.78 is 0. The highest BCUT2D eigenvalue weighted by molar-refractivity contribution is 6.39. The molecule has 0 saturated carbocycles. The van der Waals surface area contributed by atoms with Gasteiger partial charge in [-0.25, -0.2) is 0 Å². The van der Waals surface area contributed by atoms with Gasteiger partial charge in [-0.3, -0.25) is 14.4 Å². The zero-order valence-electron chi connectivity index (χ0n) is 16.4. The van der Waals surface area contributed by atoms with Gasteiger partial charge in [0.1, 0.15) is 0 Å². The fraction of sp³-hybridized carbons (Fsp3) is 0.286. The van der Waals surface area contributed by atoms with Crippen molar-refractivity contribution in [2.24, 2.45) is 0 Å². The number of rotatable bonds is 7. The number of carbonyl (C=O) groups excluding carboxylic acids is 3. The summed E-state index contributed by atoms with van der Waals surface area (Å²) >= 11 is 0. The number of nitrogens with one attached hydrogen (secondary N) is 3. The van der Waals surface area contributed by atoms with Crippen LogP contribution in [-0.4, -0.2) is 38.4 Å². The Hall–Kier alpha value is -3.35. The van der Waals surface area contributed by atoms with Crippen molar-refractivity contribution >= 4 is 34.8 Å². The minimum atomic E-state index is -0.720. The van der Waals surface area contributed by atoms with E-state index in [-0.39, 0.29) is 5.91 Å². The van der Waals surface area contributed by atoms with E-state index >= 15 is 0 Å². The van der Waals surface area contributed by atoms with Crippen LogP contribution in [-0.2, 0) is 20.8 Å². The first-order valence-electron chi connectivity index (χ1n) is 9.08. The Balaban J connectivity index is 1.72. The van der Waals surface area contributed by atoms with E-state index in [1.807, 2.05) is 19.0 Å². The second kappa shape index (κ2) is 10.1. The molecule has 0 unspecified atom stereocenters. The van der Waals surface area contributed by atoms with E-state index in [1.54, 1.807) is 24.3 Å². The summed E-state index contributed by atoms with van der Waals surface area (Å²) in [7, 11) is 3.99. The van der Waals surface area contributed by atoms with Crippen molar-refractivity contribution in [3.05, 3.63) is 54.1 Å². The highest BCUT2D eigenvalue weighted by Crippen LogP contribution is 2.14. The summed E-state index contributed by atoms with van der Waals surface area (Å²) in [6.45, 7) is 1.84. The SMILES string of the molecule is CC(=O)Nc1ccc(NC(=O)C(=O)NCCCc2ccc(N(C)C)cc2)cc1. The van der Waals surface area contributed by atoms with Crippen molar-refractivity contribution in [3.63, 3.8) is 0 Å². The topological polar surface area (TPSA) is 90.5 Å². The molecule has 2 rings (SSSR count). The number of aryl methyl sites for hydroxylation is 1. The van der Waals surface area contributed by atoms with Gasteiger partial charge in [-0.15, -0.1) is 0 Å². The molecule has 3 N–H and O–H groups in total. The summed E-state index contributed by atoms with van der Waals surface area (Å²) in [5, 5.41) is 7.78. The minimum absolute atomic E-state index is 0.176. The predicted octanol–water partition coefficient (Wildman–Crippen LogP) is 2.40. The Morgan fingerprint density at radius 2 is 1.39 bits per heavy atom. The van der Waals surface area contributed by atoms with E-state index in [2.05, 4.69) is 40.2 Å². The highest BCUT2D eigenvalue weighted by Gasteiger charge is 2.13. The Morgan fingerprint density at radius 3 is 1.93 bits per heavy atom. The van der Waals surface area contributed by atoms with Gasteiger partial charge in [0.15, 0.2) is 0 Å². The lowest BCUT2D eigenvalue weighted by atomic mass is 10.1. The Kier molecular flexibility index (Phi) is 7.56. The largest absolute Gasteiger partial charge is 0.378 e. The van der Waals surface area contributed by atoms with Crippen LogP contribution in [0.1, 0.15) is 18.9 Å². The van der Waals surface area contributed by atoms with Gasteiger partial charge >= 0.3 is 11.8 Å². The van der Waals surface area contributed by atoms with Gasteiger partial charge in [0.25, 0.3) is 0 Å². The molecular formula is C21H26N4O3. The average molecular weight is 382 g/mol. The average Bonchev–Trinajstić information content (AvgIpc) is 2.66. The number of anilines is 3. The van der Waals surface area contributed by atoms with Crippen LogP contribution in [0.2, 0.25) is 0 Å². The lowest BCUT2D eigenvalue weighted by Gasteiger charge is -2.12. The number of amides is 3. The number of hydrogen-bond acceptors (Lipinski definition) is 4. The monoisotopic (exact) mass is 382 g/mol. The minimum Gasteiger partial charge on any atom is -0.378 e. The summed E-state index contributed by atoms with van der Waals surface area (Å²) in [6, 6.07) is 14.8. The van der Waals surface area contributed by atoms with Crippen LogP contribution < -0.4 is 20.9 Å². The van der Waals surface area contributed by atoms with Crippen LogP contribution in [0.15, 0.2) is 48.5 Å². The van der Waals surface area contributed by atoms with Crippen LogP contribution in [0, 0.1) is 0 Å². The fourth-order valence-electron chi connectivity index (χ4n) is 2.56. The van der Waals surface area contributed by atoms with E-state index in [0.29, 0.717) is 17.9 Å². The van der Waals surface area contributed by atoms with Crippen LogP contribution in [0.25, 0.3) is 0 Å². The lowest BCUT2D eigenvalue weighted by Crippen LogP contribution is -2.36. The molecule has 0 saturated heterocycles. The van der Waals surface area contributed by atoms with Crippen molar-refractivity contribution in [3.8, 4) is 0 Å². The molecular weight excluding hydrogens is 356 g/mol. The van der Waals surface area contributed by atoms with E-state index in [0.717, 1.165) is 18.5 Å². The van der Waals surface area contributed by atoms with E-state index in [4.69, 9.17) is 0 Å². The van der Waals surface area contributed by atoms with Crippen molar-refractivity contribution in [2.75, 3.05) is 36.2 Å². The molecule has 0 aliphatic heterocycles. The maximum absolute atomic E-state index is 11.9. The fourth-order valence-corrected chi connectivity index (χ4v) is 2.56. The van der Waals surface area contributed by atoms with Gasteiger partial charge in [0.05, 0.1) is 0 Å². The number of hydrogen-bond donors (Lipinski definition) is 3. The Labute approximate surface area is 165 Å². The van der Waals surface area contributed by atoms with Gasteiger partial charge in [-0.2, -0.15) is 0 Å². The van der Waals surface area contributed by atoms with E-state index < -0.39 is 11.8 Å². The van der Waals surface area contributed by atoms with Crippen molar-refractivity contribution in [1.82, 2.24) is 5.32 Å². The van der Waals surface area contributed by atoms with Crippen LogP contribution in [0.4, 0.5) is 17.1 Å². The predicted molar refractivity (Wildman–Crippen MR) is 111 cm³/mol. The Bertz CT molecular complexity index is 815. The van der Waals surface area contributed by atoms with E-state index in [9.17, 15) is 14.4 Å². The summed E-state index contributed by atoms with van der Waals surface area (Å²) in [4.78, 5) is 36.9. The quantitative estimate of drug-likeness (QED) is 0.507. The molecule has 28 heavy (non-hydrogen) atoms. The maximum atomic E-state index is 11.9. The molecule has 7 heteroatoms. The molecule has 0 aliphatic rings. The zero-order valence-corrected chi connectivity index (χ0v) is 16.4.